The van der Waals surface area contributed by atoms with Crippen LogP contribution in [-0.2, 0) is 11.3 Å². The van der Waals surface area contributed by atoms with Crippen LogP contribution in [0.5, 0.6) is 0 Å². The summed E-state index contributed by atoms with van der Waals surface area (Å²) in [5, 5.41) is 0. The number of imidazole rings is 1. The van der Waals surface area contributed by atoms with Gasteiger partial charge in [-0.25, -0.2) is 9.78 Å². The van der Waals surface area contributed by atoms with Gasteiger partial charge in [0.15, 0.2) is 0 Å². The van der Waals surface area contributed by atoms with Gasteiger partial charge in [-0.3, -0.25) is 0 Å². The average Bonchev–Trinajstić information content (AvgIpc) is 2.78. The van der Waals surface area contributed by atoms with Crippen LogP contribution in [0.2, 0.25) is 0 Å². The maximum atomic E-state index is 12.2. The number of hydrogen-bond donors (Lipinski definition) is 1. The van der Waals surface area contributed by atoms with Gasteiger partial charge < -0.3 is 14.6 Å². The highest BCUT2D eigenvalue weighted by Crippen LogP contribution is 2.13. The summed E-state index contributed by atoms with van der Waals surface area (Å²) in [5.74, 6) is 0.935. The summed E-state index contributed by atoms with van der Waals surface area (Å²) in [7, 11) is 0. The molecule has 0 radical (unpaired) electrons. The number of carbonyl (C=O) groups excluding carboxylic acids is 1. The van der Waals surface area contributed by atoms with E-state index in [-0.39, 0.29) is 12.0 Å². The van der Waals surface area contributed by atoms with Crippen molar-refractivity contribution in [3.63, 3.8) is 0 Å². The molecule has 19 heavy (non-hydrogen) atoms. The number of rotatable bonds is 5. The fraction of sp³-hybridized carbons (Fsp3) is 0.571. The Labute approximate surface area is 114 Å². The third-order valence-electron chi connectivity index (χ3n) is 2.46. The molecular formula is C14H23N3O2. The highest BCUT2D eigenvalue weighted by Gasteiger charge is 2.23. The molecule has 1 amide bonds. The van der Waals surface area contributed by atoms with E-state index in [0.29, 0.717) is 13.1 Å². The molecule has 0 fully saturated rings. The van der Waals surface area contributed by atoms with Crippen molar-refractivity contribution in [2.45, 2.75) is 39.8 Å². The summed E-state index contributed by atoms with van der Waals surface area (Å²) < 4.78 is 5.41. The first-order valence-electron chi connectivity index (χ1n) is 6.40. The number of H-pyrrole nitrogens is 1. The summed E-state index contributed by atoms with van der Waals surface area (Å²) in [6.07, 6.45) is 4.89. The molecule has 1 unspecified atom stereocenters. The molecular weight excluding hydrogens is 242 g/mol. The number of aromatic nitrogens is 2. The fourth-order valence-electron chi connectivity index (χ4n) is 1.52. The molecule has 5 heteroatoms. The highest BCUT2D eigenvalue weighted by atomic mass is 16.6. The van der Waals surface area contributed by atoms with Gasteiger partial charge in [0.2, 0.25) is 0 Å². The average molecular weight is 265 g/mol. The first-order chi connectivity index (χ1) is 8.81. The van der Waals surface area contributed by atoms with Gasteiger partial charge in [-0.15, -0.1) is 6.58 Å². The lowest BCUT2D eigenvalue weighted by molar-refractivity contribution is 0.0213. The second kappa shape index (κ2) is 6.41. The third kappa shape index (κ3) is 5.59. The minimum absolute atomic E-state index is 0.197. The first-order valence-corrected chi connectivity index (χ1v) is 6.40. The topological polar surface area (TPSA) is 58.2 Å². The predicted octanol–water partition coefficient (Wildman–Crippen LogP) is 2.97. The van der Waals surface area contributed by atoms with E-state index in [1.54, 1.807) is 17.3 Å². The molecule has 0 saturated heterocycles. The van der Waals surface area contributed by atoms with Crippen LogP contribution >= 0.6 is 0 Å². The Morgan fingerprint density at radius 1 is 1.63 bits per heavy atom. The zero-order chi connectivity index (χ0) is 14.5. The molecule has 106 valence electrons. The summed E-state index contributed by atoms with van der Waals surface area (Å²) in [5.41, 5.74) is -0.504. The molecule has 1 atom stereocenters. The van der Waals surface area contributed by atoms with Crippen molar-refractivity contribution < 1.29 is 9.53 Å². The quantitative estimate of drug-likeness (QED) is 0.833. The van der Waals surface area contributed by atoms with E-state index in [4.69, 9.17) is 4.74 Å². The van der Waals surface area contributed by atoms with Gasteiger partial charge in [-0.2, -0.15) is 0 Å². The summed E-state index contributed by atoms with van der Waals surface area (Å²) >= 11 is 0. The second-order valence-electron chi connectivity index (χ2n) is 5.61. The molecule has 1 heterocycles. The first kappa shape index (κ1) is 15.3. The lowest BCUT2D eigenvalue weighted by Crippen LogP contribution is -2.38. The molecule has 0 saturated carbocycles. The van der Waals surface area contributed by atoms with Gasteiger partial charge in [0.1, 0.15) is 11.4 Å². The fourth-order valence-corrected chi connectivity index (χ4v) is 1.52. The van der Waals surface area contributed by atoms with Crippen molar-refractivity contribution >= 4 is 6.09 Å². The van der Waals surface area contributed by atoms with Crippen LogP contribution in [-0.4, -0.2) is 33.1 Å². The van der Waals surface area contributed by atoms with E-state index in [1.165, 1.54) is 0 Å². The number of carbonyl (C=O) groups is 1. The van der Waals surface area contributed by atoms with Gasteiger partial charge >= 0.3 is 6.09 Å². The lowest BCUT2D eigenvalue weighted by atomic mass is 10.1. The van der Waals surface area contributed by atoms with Gasteiger partial charge in [0.05, 0.1) is 6.54 Å². The molecule has 5 nitrogen and oxygen atoms in total. The standard InChI is InChI=1S/C14H23N3O2/c1-6-11(2)9-17(10-12-15-7-8-16-12)13(18)19-14(3,4)5/h6-8,11H,1,9-10H2,2-5H3,(H,15,16). The van der Waals surface area contributed by atoms with E-state index in [9.17, 15) is 4.79 Å². The van der Waals surface area contributed by atoms with Crippen LogP contribution in [0.3, 0.4) is 0 Å². The molecule has 0 aliphatic heterocycles. The molecule has 1 aromatic rings. The Bertz CT molecular complexity index is 407. The number of nitrogens with one attached hydrogen (secondary N) is 1. The minimum atomic E-state index is -0.504. The number of aromatic amines is 1. The summed E-state index contributed by atoms with van der Waals surface area (Å²) in [4.78, 5) is 20.9. The molecule has 0 aliphatic rings. The molecule has 1 rings (SSSR count). The van der Waals surface area contributed by atoms with Crippen LogP contribution in [0.25, 0.3) is 0 Å². The smallest absolute Gasteiger partial charge is 0.410 e. The zero-order valence-corrected chi connectivity index (χ0v) is 12.1. The summed E-state index contributed by atoms with van der Waals surface area (Å²) in [6.45, 7) is 12.3. The van der Waals surface area contributed by atoms with Crippen molar-refractivity contribution in [1.82, 2.24) is 14.9 Å². The largest absolute Gasteiger partial charge is 0.444 e. The molecule has 1 aromatic heterocycles. The monoisotopic (exact) mass is 265 g/mol. The third-order valence-corrected chi connectivity index (χ3v) is 2.46. The number of hydrogen-bond acceptors (Lipinski definition) is 3. The van der Waals surface area contributed by atoms with E-state index < -0.39 is 5.60 Å². The summed E-state index contributed by atoms with van der Waals surface area (Å²) in [6, 6.07) is 0. The minimum Gasteiger partial charge on any atom is -0.444 e. The Kier molecular flexibility index (Phi) is 5.15. The SMILES string of the molecule is C=CC(C)CN(Cc1ncc[nH]1)C(=O)OC(C)(C)C. The second-order valence-corrected chi connectivity index (χ2v) is 5.61. The van der Waals surface area contributed by atoms with E-state index >= 15 is 0 Å². The molecule has 0 bridgehead atoms. The van der Waals surface area contributed by atoms with Crippen LogP contribution < -0.4 is 0 Å². The Morgan fingerprint density at radius 3 is 2.79 bits per heavy atom. The van der Waals surface area contributed by atoms with Gasteiger partial charge in [-0.05, 0) is 26.7 Å². The zero-order valence-electron chi connectivity index (χ0n) is 12.1. The normalized spacial score (nSPS) is 12.8. The van der Waals surface area contributed by atoms with Crippen LogP contribution in [0.1, 0.15) is 33.5 Å². The Hall–Kier alpha value is -1.78. The van der Waals surface area contributed by atoms with Crippen molar-refractivity contribution in [3.05, 3.63) is 30.9 Å². The van der Waals surface area contributed by atoms with Gasteiger partial charge in [0, 0.05) is 18.9 Å². The predicted molar refractivity (Wildman–Crippen MR) is 74.6 cm³/mol. The molecule has 0 aliphatic carbocycles. The van der Waals surface area contributed by atoms with E-state index in [1.807, 2.05) is 33.8 Å². The molecule has 0 aromatic carbocycles. The number of nitrogens with zero attached hydrogens (tertiary/aromatic N) is 2. The number of ether oxygens (including phenoxy) is 1. The Morgan fingerprint density at radius 2 is 2.32 bits per heavy atom. The van der Waals surface area contributed by atoms with Crippen molar-refractivity contribution in [2.24, 2.45) is 5.92 Å². The van der Waals surface area contributed by atoms with Crippen molar-refractivity contribution in [2.75, 3.05) is 6.54 Å². The molecule has 0 spiro atoms. The highest BCUT2D eigenvalue weighted by molar-refractivity contribution is 5.68. The molecule has 1 N–H and O–H groups in total. The van der Waals surface area contributed by atoms with Gasteiger partial charge in [0.25, 0.3) is 0 Å². The van der Waals surface area contributed by atoms with Crippen LogP contribution in [0, 0.1) is 5.92 Å². The maximum absolute atomic E-state index is 12.2. The van der Waals surface area contributed by atoms with Gasteiger partial charge in [-0.1, -0.05) is 13.0 Å². The van der Waals surface area contributed by atoms with E-state index in [2.05, 4.69) is 16.5 Å². The number of amides is 1. The van der Waals surface area contributed by atoms with Crippen LogP contribution in [0.4, 0.5) is 4.79 Å². The lowest BCUT2D eigenvalue weighted by Gasteiger charge is -2.28. The van der Waals surface area contributed by atoms with Crippen molar-refractivity contribution in [1.29, 1.82) is 0 Å². The van der Waals surface area contributed by atoms with Crippen molar-refractivity contribution in [3.8, 4) is 0 Å². The maximum Gasteiger partial charge on any atom is 0.410 e. The Balaban J connectivity index is 2.73. The van der Waals surface area contributed by atoms with E-state index in [0.717, 1.165) is 5.82 Å². The van der Waals surface area contributed by atoms with Crippen LogP contribution in [0.15, 0.2) is 25.0 Å².